The molecule has 1 fully saturated rings. The van der Waals surface area contributed by atoms with Crippen LogP contribution in [0.2, 0.25) is 0 Å². The Bertz CT molecular complexity index is 290. The van der Waals surface area contributed by atoms with E-state index < -0.39 is 11.6 Å². The van der Waals surface area contributed by atoms with Crippen molar-refractivity contribution in [1.82, 2.24) is 0 Å². The molecule has 4 heteroatoms. The van der Waals surface area contributed by atoms with E-state index in [1.54, 1.807) is 0 Å². The van der Waals surface area contributed by atoms with Crippen LogP contribution in [0.1, 0.15) is 39.5 Å². The summed E-state index contributed by atoms with van der Waals surface area (Å²) in [5.74, 6) is 0.260. The van der Waals surface area contributed by atoms with Crippen LogP contribution in [-0.2, 0) is 9.53 Å². The number of carbonyl (C=O) groups is 1. The van der Waals surface area contributed by atoms with Gasteiger partial charge in [0, 0.05) is 12.0 Å². The van der Waals surface area contributed by atoms with E-state index in [4.69, 9.17) is 14.9 Å². The SMILES string of the molecule is CC(C)CCC/C=C1\CC(CO)(CO)OC1=O. The fraction of sp³-hybridized carbons (Fsp3) is 0.769. The number of rotatable bonds is 6. The molecule has 0 spiro atoms. The number of allylic oxidation sites excluding steroid dienone is 1. The fourth-order valence-electron chi connectivity index (χ4n) is 1.90. The van der Waals surface area contributed by atoms with Crippen molar-refractivity contribution in [3.63, 3.8) is 0 Å². The van der Waals surface area contributed by atoms with Crippen LogP contribution < -0.4 is 0 Å². The van der Waals surface area contributed by atoms with Crippen LogP contribution >= 0.6 is 0 Å². The van der Waals surface area contributed by atoms with Gasteiger partial charge in [0.1, 0.15) is 0 Å². The van der Waals surface area contributed by atoms with Crippen LogP contribution in [0.5, 0.6) is 0 Å². The second-order valence-electron chi connectivity index (χ2n) is 5.12. The maximum atomic E-state index is 11.5. The zero-order valence-electron chi connectivity index (χ0n) is 10.6. The molecule has 0 atom stereocenters. The molecule has 0 aromatic rings. The standard InChI is InChI=1S/C13H22O4/c1-10(2)5-3-4-6-11-7-13(8-14,9-15)17-12(11)16/h6,10,14-15H,3-5,7-9H2,1-2H3/b11-6+. The molecule has 1 aliphatic rings. The summed E-state index contributed by atoms with van der Waals surface area (Å²) in [5.41, 5.74) is -0.516. The van der Waals surface area contributed by atoms with Gasteiger partial charge in [-0.25, -0.2) is 4.79 Å². The van der Waals surface area contributed by atoms with Gasteiger partial charge in [-0.2, -0.15) is 0 Å². The Morgan fingerprint density at radius 2 is 2.06 bits per heavy atom. The van der Waals surface area contributed by atoms with Crippen molar-refractivity contribution in [2.24, 2.45) is 5.92 Å². The monoisotopic (exact) mass is 242 g/mol. The molecule has 17 heavy (non-hydrogen) atoms. The predicted molar refractivity (Wildman–Crippen MR) is 64.4 cm³/mol. The van der Waals surface area contributed by atoms with Crippen molar-refractivity contribution < 1.29 is 19.7 Å². The van der Waals surface area contributed by atoms with E-state index >= 15 is 0 Å². The lowest BCUT2D eigenvalue weighted by molar-refractivity contribution is -0.154. The first kappa shape index (κ1) is 14.2. The quantitative estimate of drug-likeness (QED) is 0.420. The molecule has 0 aromatic carbocycles. The normalized spacial score (nSPS) is 21.2. The van der Waals surface area contributed by atoms with Gasteiger partial charge in [0.25, 0.3) is 0 Å². The molecule has 1 aliphatic heterocycles. The molecule has 2 N–H and O–H groups in total. The molecule has 0 amide bonds. The second-order valence-corrected chi connectivity index (χ2v) is 5.12. The van der Waals surface area contributed by atoms with Crippen molar-refractivity contribution in [2.45, 2.75) is 45.1 Å². The molecule has 0 saturated carbocycles. The molecule has 98 valence electrons. The first-order valence-electron chi connectivity index (χ1n) is 6.17. The highest BCUT2D eigenvalue weighted by atomic mass is 16.6. The molecule has 1 rings (SSSR count). The minimum absolute atomic E-state index is 0.306. The van der Waals surface area contributed by atoms with Crippen molar-refractivity contribution in [2.75, 3.05) is 13.2 Å². The van der Waals surface area contributed by atoms with Gasteiger partial charge in [-0.15, -0.1) is 0 Å². The van der Waals surface area contributed by atoms with E-state index in [0.717, 1.165) is 19.3 Å². The molecule has 0 bridgehead atoms. The van der Waals surface area contributed by atoms with Crippen molar-refractivity contribution in [1.29, 1.82) is 0 Å². The Balaban J connectivity index is 2.49. The summed E-state index contributed by atoms with van der Waals surface area (Å²) in [6.07, 6.45) is 5.19. The number of esters is 1. The van der Waals surface area contributed by atoms with E-state index in [1.165, 1.54) is 0 Å². The summed E-state index contributed by atoms with van der Waals surface area (Å²) >= 11 is 0. The Morgan fingerprint density at radius 3 is 2.53 bits per heavy atom. The van der Waals surface area contributed by atoms with Crippen molar-refractivity contribution in [3.8, 4) is 0 Å². The molecule has 0 aliphatic carbocycles. The minimum atomic E-state index is -1.10. The molecular weight excluding hydrogens is 220 g/mol. The summed E-state index contributed by atoms with van der Waals surface area (Å²) in [5, 5.41) is 18.3. The Labute approximate surface area is 102 Å². The summed E-state index contributed by atoms with van der Waals surface area (Å²) in [7, 11) is 0. The van der Waals surface area contributed by atoms with E-state index in [1.807, 2.05) is 6.08 Å². The molecular formula is C13H22O4. The van der Waals surface area contributed by atoms with Crippen LogP contribution in [-0.4, -0.2) is 35.0 Å². The molecule has 1 heterocycles. The van der Waals surface area contributed by atoms with Crippen LogP contribution in [0.25, 0.3) is 0 Å². The Morgan fingerprint density at radius 1 is 1.41 bits per heavy atom. The van der Waals surface area contributed by atoms with Gasteiger partial charge in [-0.3, -0.25) is 0 Å². The number of unbranched alkanes of at least 4 members (excludes halogenated alkanes) is 1. The number of aliphatic hydroxyl groups excluding tert-OH is 2. The first-order valence-corrected chi connectivity index (χ1v) is 6.17. The van der Waals surface area contributed by atoms with E-state index in [2.05, 4.69) is 13.8 Å². The van der Waals surface area contributed by atoms with Gasteiger partial charge in [0.05, 0.1) is 13.2 Å². The highest BCUT2D eigenvalue weighted by Crippen LogP contribution is 2.30. The molecule has 0 radical (unpaired) electrons. The minimum Gasteiger partial charge on any atom is -0.450 e. The lowest BCUT2D eigenvalue weighted by atomic mass is 9.98. The second kappa shape index (κ2) is 6.17. The Hall–Kier alpha value is -0.870. The maximum absolute atomic E-state index is 11.5. The lowest BCUT2D eigenvalue weighted by Gasteiger charge is -2.21. The summed E-state index contributed by atoms with van der Waals surface area (Å²) in [6.45, 7) is 3.66. The third kappa shape index (κ3) is 3.82. The summed E-state index contributed by atoms with van der Waals surface area (Å²) < 4.78 is 5.03. The Kier molecular flexibility index (Phi) is 5.15. The number of cyclic esters (lactones) is 1. The van der Waals surface area contributed by atoms with E-state index in [9.17, 15) is 4.79 Å². The summed E-state index contributed by atoms with van der Waals surface area (Å²) in [6, 6.07) is 0. The molecule has 4 nitrogen and oxygen atoms in total. The van der Waals surface area contributed by atoms with Crippen LogP contribution in [0, 0.1) is 5.92 Å². The van der Waals surface area contributed by atoms with Gasteiger partial charge in [-0.1, -0.05) is 26.3 Å². The van der Waals surface area contributed by atoms with Crippen LogP contribution in [0.15, 0.2) is 11.6 Å². The van der Waals surface area contributed by atoms with E-state index in [0.29, 0.717) is 17.9 Å². The maximum Gasteiger partial charge on any atom is 0.334 e. The first-order chi connectivity index (χ1) is 8.03. The highest BCUT2D eigenvalue weighted by Gasteiger charge is 2.42. The topological polar surface area (TPSA) is 66.8 Å². The predicted octanol–water partition coefficient (Wildman–Crippen LogP) is 1.41. The van der Waals surface area contributed by atoms with Crippen molar-refractivity contribution >= 4 is 5.97 Å². The van der Waals surface area contributed by atoms with Crippen LogP contribution in [0.4, 0.5) is 0 Å². The smallest absolute Gasteiger partial charge is 0.334 e. The van der Waals surface area contributed by atoms with Crippen molar-refractivity contribution in [3.05, 3.63) is 11.6 Å². The summed E-state index contributed by atoms with van der Waals surface area (Å²) in [4.78, 5) is 11.5. The van der Waals surface area contributed by atoms with Crippen LogP contribution in [0.3, 0.4) is 0 Å². The molecule has 0 unspecified atom stereocenters. The van der Waals surface area contributed by atoms with Gasteiger partial charge in [0.2, 0.25) is 0 Å². The highest BCUT2D eigenvalue weighted by molar-refractivity contribution is 5.91. The fourth-order valence-corrected chi connectivity index (χ4v) is 1.90. The third-order valence-electron chi connectivity index (χ3n) is 3.04. The zero-order chi connectivity index (χ0) is 12.9. The molecule has 1 saturated heterocycles. The average molecular weight is 242 g/mol. The zero-order valence-corrected chi connectivity index (χ0v) is 10.6. The van der Waals surface area contributed by atoms with Gasteiger partial charge in [0.15, 0.2) is 5.60 Å². The number of ether oxygens (including phenoxy) is 1. The number of carbonyl (C=O) groups excluding carboxylic acids is 1. The van der Waals surface area contributed by atoms with Gasteiger partial charge in [-0.05, 0) is 18.8 Å². The van der Waals surface area contributed by atoms with Gasteiger partial charge >= 0.3 is 5.97 Å². The van der Waals surface area contributed by atoms with Gasteiger partial charge < -0.3 is 14.9 Å². The molecule has 0 aromatic heterocycles. The number of aliphatic hydroxyl groups is 2. The lowest BCUT2D eigenvalue weighted by Crippen LogP contribution is -2.37. The average Bonchev–Trinajstić information content (AvgIpc) is 2.62. The van der Waals surface area contributed by atoms with E-state index in [-0.39, 0.29) is 13.2 Å². The number of hydrogen-bond donors (Lipinski definition) is 2. The third-order valence-corrected chi connectivity index (χ3v) is 3.04. The largest absolute Gasteiger partial charge is 0.450 e. The number of hydrogen-bond acceptors (Lipinski definition) is 4.